The zero-order valence-corrected chi connectivity index (χ0v) is 7.33. The summed E-state index contributed by atoms with van der Waals surface area (Å²) in [5.74, 6) is -1.37. The lowest BCUT2D eigenvalue weighted by molar-refractivity contribution is -0.153. The van der Waals surface area contributed by atoms with Gasteiger partial charge in [-0.05, 0) is 13.3 Å². The summed E-state index contributed by atoms with van der Waals surface area (Å²) in [6.07, 6.45) is -3.57. The molecule has 0 spiro atoms. The van der Waals surface area contributed by atoms with E-state index in [0.29, 0.717) is 6.42 Å². The van der Waals surface area contributed by atoms with Crippen LogP contribution in [-0.2, 0) is 14.3 Å². The van der Waals surface area contributed by atoms with Crippen LogP contribution in [0.1, 0.15) is 13.3 Å². The van der Waals surface area contributed by atoms with Crippen LogP contribution >= 0.6 is 0 Å². The van der Waals surface area contributed by atoms with Gasteiger partial charge in [-0.2, -0.15) is 0 Å². The van der Waals surface area contributed by atoms with Crippen LogP contribution in [0.25, 0.3) is 0 Å². The summed E-state index contributed by atoms with van der Waals surface area (Å²) in [4.78, 5) is 11.1. The van der Waals surface area contributed by atoms with Crippen LogP contribution in [0.5, 0.6) is 0 Å². The van der Waals surface area contributed by atoms with E-state index in [1.54, 1.807) is 6.92 Å². The Labute approximate surface area is 75.0 Å². The zero-order valence-electron chi connectivity index (χ0n) is 7.33. The van der Waals surface area contributed by atoms with E-state index in [9.17, 15) is 13.6 Å². The summed E-state index contributed by atoms with van der Waals surface area (Å²) in [5.41, 5.74) is 0. The fourth-order valence-electron chi connectivity index (χ4n) is 1.36. The lowest BCUT2D eigenvalue weighted by Crippen LogP contribution is -2.31. The molecule has 0 bridgehead atoms. The van der Waals surface area contributed by atoms with Crippen molar-refractivity contribution in [3.05, 3.63) is 0 Å². The molecule has 1 aliphatic rings. The summed E-state index contributed by atoms with van der Waals surface area (Å²) >= 11 is 0. The number of rotatable bonds is 3. The summed E-state index contributed by atoms with van der Waals surface area (Å²) in [5, 5.41) is 0. The average Bonchev–Trinajstić information content (AvgIpc) is 2.52. The van der Waals surface area contributed by atoms with Crippen molar-refractivity contribution in [2.24, 2.45) is 5.92 Å². The highest BCUT2D eigenvalue weighted by Crippen LogP contribution is 2.26. The predicted octanol–water partition coefficient (Wildman–Crippen LogP) is 1.22. The smallest absolute Gasteiger partial charge is 0.311 e. The molecule has 0 aromatic rings. The van der Waals surface area contributed by atoms with Crippen LogP contribution in [0, 0.1) is 5.92 Å². The number of carbonyl (C=O) groups is 1. The average molecular weight is 194 g/mol. The topological polar surface area (TPSA) is 35.5 Å². The summed E-state index contributed by atoms with van der Waals surface area (Å²) in [7, 11) is 0. The van der Waals surface area contributed by atoms with Crippen molar-refractivity contribution in [3.8, 4) is 0 Å². The molecule has 76 valence electrons. The van der Waals surface area contributed by atoms with E-state index >= 15 is 0 Å². The number of hydrogen-bond donors (Lipinski definition) is 0. The molecule has 2 atom stereocenters. The van der Waals surface area contributed by atoms with E-state index in [4.69, 9.17) is 4.74 Å². The molecule has 5 heteroatoms. The van der Waals surface area contributed by atoms with Gasteiger partial charge >= 0.3 is 5.97 Å². The predicted molar refractivity (Wildman–Crippen MR) is 40.5 cm³/mol. The molecule has 0 radical (unpaired) electrons. The Kier molecular flexibility index (Phi) is 3.59. The molecule has 3 nitrogen and oxygen atoms in total. The molecule has 0 aromatic heterocycles. The van der Waals surface area contributed by atoms with Crippen molar-refractivity contribution in [2.75, 3.05) is 13.2 Å². The second-order valence-corrected chi connectivity index (χ2v) is 2.82. The summed E-state index contributed by atoms with van der Waals surface area (Å²) in [6, 6.07) is 0. The van der Waals surface area contributed by atoms with E-state index in [1.165, 1.54) is 0 Å². The summed E-state index contributed by atoms with van der Waals surface area (Å²) < 4.78 is 33.9. The SMILES string of the molecule is CCOC(=O)[C@@H]1CCO[C@@H]1C(F)F. The molecule has 0 aromatic carbocycles. The largest absolute Gasteiger partial charge is 0.466 e. The third-order valence-electron chi connectivity index (χ3n) is 1.97. The van der Waals surface area contributed by atoms with Gasteiger partial charge in [0.1, 0.15) is 6.10 Å². The van der Waals surface area contributed by atoms with Crippen molar-refractivity contribution in [2.45, 2.75) is 25.9 Å². The first kappa shape index (κ1) is 10.4. The number of esters is 1. The fourth-order valence-corrected chi connectivity index (χ4v) is 1.36. The van der Waals surface area contributed by atoms with Gasteiger partial charge in [-0.15, -0.1) is 0 Å². The van der Waals surface area contributed by atoms with E-state index in [2.05, 4.69) is 4.74 Å². The van der Waals surface area contributed by atoms with Gasteiger partial charge < -0.3 is 9.47 Å². The highest BCUT2D eigenvalue weighted by Gasteiger charge is 2.40. The zero-order chi connectivity index (χ0) is 9.84. The molecule has 0 saturated carbocycles. The normalized spacial score (nSPS) is 28.0. The Hall–Kier alpha value is -0.710. The van der Waals surface area contributed by atoms with Gasteiger partial charge in [0.25, 0.3) is 6.43 Å². The number of carbonyl (C=O) groups excluding carboxylic acids is 1. The van der Waals surface area contributed by atoms with E-state index < -0.39 is 24.4 Å². The molecule has 1 heterocycles. The van der Waals surface area contributed by atoms with Crippen LogP contribution in [0.4, 0.5) is 8.78 Å². The third kappa shape index (κ3) is 2.37. The van der Waals surface area contributed by atoms with Gasteiger partial charge in [0, 0.05) is 6.61 Å². The molecule has 1 rings (SSSR count). The Morgan fingerprint density at radius 3 is 2.92 bits per heavy atom. The van der Waals surface area contributed by atoms with Crippen molar-refractivity contribution < 1.29 is 23.0 Å². The minimum absolute atomic E-state index is 0.207. The molecule has 1 fully saturated rings. The fraction of sp³-hybridized carbons (Fsp3) is 0.875. The molecule has 1 saturated heterocycles. The Morgan fingerprint density at radius 1 is 1.69 bits per heavy atom. The maximum atomic E-state index is 12.3. The molecule has 0 aliphatic carbocycles. The van der Waals surface area contributed by atoms with Gasteiger partial charge in [-0.1, -0.05) is 0 Å². The number of halogens is 2. The first-order chi connectivity index (χ1) is 6.16. The second-order valence-electron chi connectivity index (χ2n) is 2.82. The van der Waals surface area contributed by atoms with Crippen LogP contribution in [0.2, 0.25) is 0 Å². The van der Waals surface area contributed by atoms with Crippen molar-refractivity contribution in [3.63, 3.8) is 0 Å². The lowest BCUT2D eigenvalue weighted by Gasteiger charge is -2.15. The van der Waals surface area contributed by atoms with Gasteiger partial charge in [0.15, 0.2) is 0 Å². The number of ether oxygens (including phenoxy) is 2. The molecular weight excluding hydrogens is 182 g/mol. The minimum atomic E-state index is -2.61. The molecule has 0 amide bonds. The highest BCUT2D eigenvalue weighted by atomic mass is 19.3. The standard InChI is InChI=1S/C8H12F2O3/c1-2-12-8(11)5-3-4-13-6(5)7(9)10/h5-7H,2-4H2,1H3/t5-,6+/m1/s1. The maximum Gasteiger partial charge on any atom is 0.311 e. The molecule has 0 N–H and O–H groups in total. The van der Waals surface area contributed by atoms with E-state index in [-0.39, 0.29) is 13.2 Å². The van der Waals surface area contributed by atoms with Gasteiger partial charge in [0.2, 0.25) is 0 Å². The van der Waals surface area contributed by atoms with E-state index in [0.717, 1.165) is 0 Å². The van der Waals surface area contributed by atoms with Gasteiger partial charge in [-0.25, -0.2) is 8.78 Å². The molecule has 0 unspecified atom stereocenters. The highest BCUT2D eigenvalue weighted by molar-refractivity contribution is 5.73. The molecule has 13 heavy (non-hydrogen) atoms. The quantitative estimate of drug-likeness (QED) is 0.633. The Morgan fingerprint density at radius 2 is 2.38 bits per heavy atom. The van der Waals surface area contributed by atoms with Gasteiger partial charge in [0.05, 0.1) is 12.5 Å². The molecular formula is C8H12F2O3. The first-order valence-corrected chi connectivity index (χ1v) is 4.23. The van der Waals surface area contributed by atoms with E-state index in [1.807, 2.05) is 0 Å². The Bertz CT molecular complexity index is 184. The van der Waals surface area contributed by atoms with Crippen LogP contribution in [-0.4, -0.2) is 31.7 Å². The van der Waals surface area contributed by atoms with Crippen LogP contribution < -0.4 is 0 Å². The summed E-state index contributed by atoms with van der Waals surface area (Å²) in [6.45, 7) is 2.06. The third-order valence-corrected chi connectivity index (χ3v) is 1.97. The van der Waals surface area contributed by atoms with Crippen molar-refractivity contribution in [1.29, 1.82) is 0 Å². The van der Waals surface area contributed by atoms with Crippen LogP contribution in [0.15, 0.2) is 0 Å². The second kappa shape index (κ2) is 4.50. The first-order valence-electron chi connectivity index (χ1n) is 4.23. The maximum absolute atomic E-state index is 12.3. The van der Waals surface area contributed by atoms with Crippen LogP contribution in [0.3, 0.4) is 0 Å². The Balaban J connectivity index is 2.52. The number of alkyl halides is 2. The number of hydrogen-bond acceptors (Lipinski definition) is 3. The minimum Gasteiger partial charge on any atom is -0.466 e. The van der Waals surface area contributed by atoms with Crippen molar-refractivity contribution in [1.82, 2.24) is 0 Å². The van der Waals surface area contributed by atoms with Gasteiger partial charge in [-0.3, -0.25) is 4.79 Å². The van der Waals surface area contributed by atoms with Crippen molar-refractivity contribution >= 4 is 5.97 Å². The monoisotopic (exact) mass is 194 g/mol. The molecule has 1 aliphatic heterocycles. The lowest BCUT2D eigenvalue weighted by atomic mass is 10.0.